The van der Waals surface area contributed by atoms with E-state index in [1.807, 2.05) is 71.3 Å². The Balaban J connectivity index is 1.38. The Bertz CT molecular complexity index is 1370. The molecule has 2 heterocycles. The van der Waals surface area contributed by atoms with E-state index in [0.717, 1.165) is 42.9 Å². The Kier molecular flexibility index (Phi) is 6.99. The third-order valence-electron chi connectivity index (χ3n) is 6.01. The number of thioether (sulfide) groups is 1. The average molecular weight is 499 g/mol. The maximum absolute atomic E-state index is 13.0. The van der Waals surface area contributed by atoms with Crippen molar-refractivity contribution in [3.63, 3.8) is 0 Å². The lowest BCUT2D eigenvalue weighted by atomic mass is 10.1. The van der Waals surface area contributed by atoms with Crippen molar-refractivity contribution < 1.29 is 9.59 Å². The van der Waals surface area contributed by atoms with E-state index in [0.29, 0.717) is 22.2 Å². The van der Waals surface area contributed by atoms with E-state index in [4.69, 9.17) is 5.73 Å². The van der Waals surface area contributed by atoms with Gasteiger partial charge >= 0.3 is 0 Å². The zero-order valence-corrected chi connectivity index (χ0v) is 20.4. The fourth-order valence-corrected chi connectivity index (χ4v) is 5.04. The number of hydrogen-bond donors (Lipinski definition) is 2. The Morgan fingerprint density at radius 2 is 1.61 bits per heavy atom. The number of nitrogens with one attached hydrogen (secondary N) is 1. The number of rotatable bonds is 8. The number of para-hydroxylation sites is 1. The summed E-state index contributed by atoms with van der Waals surface area (Å²) in [5.74, 6) is 0.0957. The summed E-state index contributed by atoms with van der Waals surface area (Å²) in [5.41, 5.74) is 9.18. The van der Waals surface area contributed by atoms with Crippen molar-refractivity contribution in [3.05, 3.63) is 84.4 Å². The molecule has 1 aliphatic heterocycles. The molecule has 8 nitrogen and oxygen atoms in total. The third-order valence-corrected chi connectivity index (χ3v) is 6.94. The summed E-state index contributed by atoms with van der Waals surface area (Å²) < 4.78 is 1.96. The number of hydrogen-bond acceptors (Lipinski definition) is 6. The van der Waals surface area contributed by atoms with Crippen molar-refractivity contribution >= 4 is 35.0 Å². The van der Waals surface area contributed by atoms with Crippen molar-refractivity contribution in [1.82, 2.24) is 14.8 Å². The first kappa shape index (κ1) is 23.6. The van der Waals surface area contributed by atoms with Crippen LogP contribution in [-0.2, 0) is 4.79 Å². The molecule has 2 amide bonds. The first-order chi connectivity index (χ1) is 17.6. The maximum atomic E-state index is 13.0. The lowest BCUT2D eigenvalue weighted by Crippen LogP contribution is -2.23. The molecule has 0 aliphatic carbocycles. The molecule has 0 atom stereocenters. The SMILES string of the molecule is NC(=O)c1ccc(N2CCCC2)c(NC(=O)CSc2nnc(-c3ccccc3)n2-c2ccccc2)c1. The molecule has 0 radical (unpaired) electrons. The summed E-state index contributed by atoms with van der Waals surface area (Å²) >= 11 is 1.31. The van der Waals surface area contributed by atoms with Gasteiger partial charge in [-0.2, -0.15) is 0 Å². The average Bonchev–Trinajstić information content (AvgIpc) is 3.59. The molecule has 3 N–H and O–H groups in total. The highest BCUT2D eigenvalue weighted by molar-refractivity contribution is 7.99. The Morgan fingerprint density at radius 3 is 2.31 bits per heavy atom. The van der Waals surface area contributed by atoms with Crippen LogP contribution < -0.4 is 16.0 Å². The second-order valence-corrected chi connectivity index (χ2v) is 9.41. The summed E-state index contributed by atoms with van der Waals surface area (Å²) in [6.07, 6.45) is 2.19. The summed E-state index contributed by atoms with van der Waals surface area (Å²) in [7, 11) is 0. The van der Waals surface area contributed by atoms with E-state index in [-0.39, 0.29) is 11.7 Å². The zero-order chi connectivity index (χ0) is 24.9. The van der Waals surface area contributed by atoms with Crippen LogP contribution in [0.4, 0.5) is 11.4 Å². The van der Waals surface area contributed by atoms with Gasteiger partial charge in [0.05, 0.1) is 17.1 Å². The van der Waals surface area contributed by atoms with Gasteiger partial charge in [0.25, 0.3) is 0 Å². The Labute approximate surface area is 213 Å². The van der Waals surface area contributed by atoms with E-state index >= 15 is 0 Å². The standard InChI is InChI=1S/C27H26N6O2S/c28-25(35)20-13-14-23(32-15-7-8-16-32)22(17-20)29-24(34)18-36-27-31-30-26(19-9-3-1-4-10-19)33(27)21-11-5-2-6-12-21/h1-6,9-14,17H,7-8,15-16,18H2,(H2,28,35)(H,29,34). The van der Waals surface area contributed by atoms with Gasteiger partial charge in [-0.15, -0.1) is 10.2 Å². The fourth-order valence-electron chi connectivity index (χ4n) is 4.29. The van der Waals surface area contributed by atoms with Gasteiger partial charge in [0.15, 0.2) is 11.0 Å². The van der Waals surface area contributed by atoms with Crippen molar-refractivity contribution in [2.24, 2.45) is 5.73 Å². The number of amides is 2. The van der Waals surface area contributed by atoms with Crippen LogP contribution in [0.1, 0.15) is 23.2 Å². The van der Waals surface area contributed by atoms with Crippen molar-refractivity contribution in [1.29, 1.82) is 0 Å². The molecule has 36 heavy (non-hydrogen) atoms. The number of carbonyl (C=O) groups is 2. The van der Waals surface area contributed by atoms with Gasteiger partial charge in [-0.05, 0) is 43.2 Å². The van der Waals surface area contributed by atoms with Gasteiger partial charge in [-0.1, -0.05) is 60.3 Å². The number of anilines is 2. The van der Waals surface area contributed by atoms with Gasteiger partial charge in [0, 0.05) is 29.9 Å². The predicted octanol–water partition coefficient (Wildman–Crippen LogP) is 4.36. The van der Waals surface area contributed by atoms with Crippen LogP contribution in [-0.4, -0.2) is 45.4 Å². The minimum atomic E-state index is -0.530. The molecule has 1 fully saturated rings. The number of nitrogens with zero attached hydrogens (tertiary/aromatic N) is 4. The van der Waals surface area contributed by atoms with Crippen LogP contribution in [0.5, 0.6) is 0 Å². The van der Waals surface area contributed by atoms with Crippen LogP contribution in [0.2, 0.25) is 0 Å². The topological polar surface area (TPSA) is 106 Å². The highest BCUT2D eigenvalue weighted by atomic mass is 32.2. The minimum Gasteiger partial charge on any atom is -0.370 e. The molecule has 1 aromatic heterocycles. The number of aromatic nitrogens is 3. The molecule has 0 saturated carbocycles. The summed E-state index contributed by atoms with van der Waals surface area (Å²) in [5, 5.41) is 12.4. The van der Waals surface area contributed by atoms with Gasteiger partial charge in [-0.3, -0.25) is 14.2 Å². The second kappa shape index (κ2) is 10.7. The zero-order valence-electron chi connectivity index (χ0n) is 19.6. The molecule has 0 bridgehead atoms. The van der Waals surface area contributed by atoms with Crippen molar-refractivity contribution in [2.75, 3.05) is 29.1 Å². The molecule has 9 heteroatoms. The third kappa shape index (κ3) is 5.11. The summed E-state index contributed by atoms with van der Waals surface area (Å²) in [6.45, 7) is 1.83. The molecule has 0 spiro atoms. The molecule has 0 unspecified atom stereocenters. The van der Waals surface area contributed by atoms with Crippen LogP contribution >= 0.6 is 11.8 Å². The van der Waals surface area contributed by atoms with Gasteiger partial charge in [0.1, 0.15) is 0 Å². The molecular weight excluding hydrogens is 472 g/mol. The number of carbonyl (C=O) groups excluding carboxylic acids is 2. The van der Waals surface area contributed by atoms with E-state index in [2.05, 4.69) is 20.4 Å². The van der Waals surface area contributed by atoms with Crippen LogP contribution in [0.25, 0.3) is 17.1 Å². The monoisotopic (exact) mass is 498 g/mol. The minimum absolute atomic E-state index is 0.125. The Morgan fingerprint density at radius 1 is 0.917 bits per heavy atom. The second-order valence-electron chi connectivity index (χ2n) is 8.47. The molecule has 5 rings (SSSR count). The molecule has 4 aromatic rings. The van der Waals surface area contributed by atoms with Gasteiger partial charge in [-0.25, -0.2) is 0 Å². The van der Waals surface area contributed by atoms with Crippen molar-refractivity contribution in [3.8, 4) is 17.1 Å². The van der Waals surface area contributed by atoms with E-state index in [1.54, 1.807) is 12.1 Å². The number of nitrogens with two attached hydrogens (primary N) is 1. The molecule has 1 aliphatic rings. The first-order valence-electron chi connectivity index (χ1n) is 11.8. The highest BCUT2D eigenvalue weighted by Crippen LogP contribution is 2.31. The van der Waals surface area contributed by atoms with Crippen LogP contribution in [0.15, 0.2) is 84.0 Å². The lowest BCUT2D eigenvalue weighted by molar-refractivity contribution is -0.113. The van der Waals surface area contributed by atoms with Gasteiger partial charge < -0.3 is 16.0 Å². The largest absolute Gasteiger partial charge is 0.370 e. The maximum Gasteiger partial charge on any atom is 0.248 e. The smallest absolute Gasteiger partial charge is 0.248 e. The van der Waals surface area contributed by atoms with Crippen LogP contribution in [0, 0.1) is 0 Å². The number of benzene rings is 3. The van der Waals surface area contributed by atoms with Crippen molar-refractivity contribution in [2.45, 2.75) is 18.0 Å². The van der Waals surface area contributed by atoms with E-state index in [1.165, 1.54) is 11.8 Å². The molecular formula is C27H26N6O2S. The van der Waals surface area contributed by atoms with E-state index < -0.39 is 5.91 Å². The first-order valence-corrected chi connectivity index (χ1v) is 12.8. The highest BCUT2D eigenvalue weighted by Gasteiger charge is 2.20. The normalized spacial score (nSPS) is 13.1. The molecule has 3 aromatic carbocycles. The summed E-state index contributed by atoms with van der Waals surface area (Å²) in [6, 6.07) is 24.9. The molecule has 1 saturated heterocycles. The van der Waals surface area contributed by atoms with E-state index in [9.17, 15) is 9.59 Å². The summed E-state index contributed by atoms with van der Waals surface area (Å²) in [4.78, 5) is 27.0. The number of primary amides is 1. The lowest BCUT2D eigenvalue weighted by Gasteiger charge is -2.22. The molecule has 182 valence electrons. The quantitative estimate of drug-likeness (QED) is 0.350. The van der Waals surface area contributed by atoms with Crippen LogP contribution in [0.3, 0.4) is 0 Å². The Hall–Kier alpha value is -4.11. The predicted molar refractivity (Wildman–Crippen MR) is 143 cm³/mol. The fraction of sp³-hybridized carbons (Fsp3) is 0.185. The van der Waals surface area contributed by atoms with Gasteiger partial charge in [0.2, 0.25) is 11.8 Å².